The van der Waals surface area contributed by atoms with E-state index >= 15 is 0 Å². The fraction of sp³-hybridized carbons (Fsp3) is 0.0476. The van der Waals surface area contributed by atoms with E-state index in [9.17, 15) is 14.0 Å². The van der Waals surface area contributed by atoms with Gasteiger partial charge in [-0.25, -0.2) is 4.39 Å². The highest BCUT2D eigenvalue weighted by molar-refractivity contribution is 6.31. The highest BCUT2D eigenvalue weighted by atomic mass is 35.5. The van der Waals surface area contributed by atoms with Gasteiger partial charge in [-0.05, 0) is 60.2 Å². The normalized spacial score (nSPS) is 10.4. The van der Waals surface area contributed by atoms with Crippen molar-refractivity contribution in [2.45, 2.75) is 6.42 Å². The molecule has 0 aromatic heterocycles. The summed E-state index contributed by atoms with van der Waals surface area (Å²) in [6, 6.07) is 18.6. The van der Waals surface area contributed by atoms with Crippen molar-refractivity contribution in [2.75, 3.05) is 0 Å². The first kappa shape index (κ1) is 17.8. The van der Waals surface area contributed by atoms with Gasteiger partial charge < -0.3 is 4.74 Å². The van der Waals surface area contributed by atoms with Crippen LogP contribution in [-0.4, -0.2) is 11.8 Å². The van der Waals surface area contributed by atoms with Crippen LogP contribution in [0.5, 0.6) is 5.75 Å². The lowest BCUT2D eigenvalue weighted by molar-refractivity contribution is -0.133. The molecule has 0 N–H and O–H groups in total. The predicted octanol–water partition coefficient (Wildman–Crippen LogP) is 4.86. The van der Waals surface area contributed by atoms with Crippen LogP contribution >= 0.6 is 11.6 Å². The molecule has 0 radical (unpaired) electrons. The molecular formula is C21H14ClFO3. The van der Waals surface area contributed by atoms with E-state index in [1.165, 1.54) is 24.3 Å². The molecule has 3 rings (SSSR count). The predicted molar refractivity (Wildman–Crippen MR) is 97.1 cm³/mol. The summed E-state index contributed by atoms with van der Waals surface area (Å²) in [4.78, 5) is 24.3. The molecule has 0 aliphatic heterocycles. The van der Waals surface area contributed by atoms with Crippen molar-refractivity contribution in [3.05, 3.63) is 100 Å². The van der Waals surface area contributed by atoms with Crippen molar-refractivity contribution >= 4 is 23.4 Å². The van der Waals surface area contributed by atoms with Crippen molar-refractivity contribution in [3.63, 3.8) is 0 Å². The van der Waals surface area contributed by atoms with Crippen LogP contribution in [0.3, 0.4) is 0 Å². The van der Waals surface area contributed by atoms with E-state index in [0.717, 1.165) is 0 Å². The molecule has 3 aromatic carbocycles. The van der Waals surface area contributed by atoms with Gasteiger partial charge in [0.05, 0.1) is 6.42 Å². The van der Waals surface area contributed by atoms with Gasteiger partial charge in [0.25, 0.3) is 0 Å². The maximum atomic E-state index is 12.9. The third kappa shape index (κ3) is 4.35. The van der Waals surface area contributed by atoms with E-state index < -0.39 is 11.8 Å². The van der Waals surface area contributed by atoms with Crippen molar-refractivity contribution in [1.29, 1.82) is 0 Å². The number of halogens is 2. The molecule has 0 aliphatic rings. The minimum atomic E-state index is -0.448. The third-order valence-corrected chi connectivity index (χ3v) is 4.12. The first-order chi connectivity index (χ1) is 12.5. The van der Waals surface area contributed by atoms with Crippen LogP contribution in [0.2, 0.25) is 5.02 Å². The standard InChI is InChI=1S/C21H14ClFO3/c22-19-4-2-1-3-16(19)13-20(24)26-18-11-7-15(8-12-18)21(25)14-5-9-17(23)10-6-14/h1-12H,13H2. The fourth-order valence-electron chi connectivity index (χ4n) is 2.41. The number of hydrogen-bond donors (Lipinski definition) is 0. The maximum absolute atomic E-state index is 12.9. The van der Waals surface area contributed by atoms with Crippen LogP contribution < -0.4 is 4.74 Å². The quantitative estimate of drug-likeness (QED) is 0.367. The average molecular weight is 369 g/mol. The zero-order valence-electron chi connectivity index (χ0n) is 13.6. The van der Waals surface area contributed by atoms with Crippen LogP contribution in [-0.2, 0) is 11.2 Å². The summed E-state index contributed by atoms with van der Waals surface area (Å²) in [7, 11) is 0. The van der Waals surface area contributed by atoms with Crippen LogP contribution in [0.15, 0.2) is 72.8 Å². The van der Waals surface area contributed by atoms with E-state index in [4.69, 9.17) is 16.3 Å². The molecule has 0 aliphatic carbocycles. The Kier molecular flexibility index (Phi) is 5.44. The Labute approximate surface area is 155 Å². The highest BCUT2D eigenvalue weighted by Crippen LogP contribution is 2.19. The minimum Gasteiger partial charge on any atom is -0.426 e. The Morgan fingerprint density at radius 2 is 1.42 bits per heavy atom. The Hall–Kier alpha value is -2.98. The molecule has 130 valence electrons. The molecule has 0 unspecified atom stereocenters. The molecule has 3 nitrogen and oxygen atoms in total. The molecule has 0 heterocycles. The van der Waals surface area contributed by atoms with Crippen molar-refractivity contribution in [1.82, 2.24) is 0 Å². The van der Waals surface area contributed by atoms with E-state index in [0.29, 0.717) is 27.5 Å². The van der Waals surface area contributed by atoms with Crippen LogP contribution in [0.1, 0.15) is 21.5 Å². The minimum absolute atomic E-state index is 0.0515. The Balaban J connectivity index is 1.66. The molecule has 0 bridgehead atoms. The lowest BCUT2D eigenvalue weighted by Gasteiger charge is -2.07. The number of carbonyl (C=O) groups is 2. The molecule has 0 amide bonds. The summed E-state index contributed by atoms with van der Waals surface area (Å²) in [5, 5.41) is 0.504. The van der Waals surface area contributed by atoms with Gasteiger partial charge in [0, 0.05) is 16.1 Å². The summed E-state index contributed by atoms with van der Waals surface area (Å²) < 4.78 is 18.2. The maximum Gasteiger partial charge on any atom is 0.315 e. The van der Waals surface area contributed by atoms with Crippen molar-refractivity contribution in [3.8, 4) is 5.75 Å². The zero-order chi connectivity index (χ0) is 18.5. The number of carbonyl (C=O) groups excluding carboxylic acids is 2. The molecule has 0 spiro atoms. The monoisotopic (exact) mass is 368 g/mol. The molecule has 3 aromatic rings. The summed E-state index contributed by atoms with van der Waals surface area (Å²) in [6.45, 7) is 0. The number of hydrogen-bond acceptors (Lipinski definition) is 3. The molecule has 0 saturated heterocycles. The second-order valence-corrected chi connectivity index (χ2v) is 6.01. The number of ether oxygens (including phenoxy) is 1. The van der Waals surface area contributed by atoms with Crippen LogP contribution in [0.25, 0.3) is 0 Å². The number of benzene rings is 3. The van der Waals surface area contributed by atoms with Gasteiger partial charge in [0.1, 0.15) is 11.6 Å². The number of esters is 1. The SMILES string of the molecule is O=C(Cc1ccccc1Cl)Oc1ccc(C(=O)c2ccc(F)cc2)cc1. The molecule has 0 fully saturated rings. The first-order valence-electron chi connectivity index (χ1n) is 7.87. The van der Waals surface area contributed by atoms with E-state index in [1.54, 1.807) is 48.5 Å². The lowest BCUT2D eigenvalue weighted by Crippen LogP contribution is -2.11. The zero-order valence-corrected chi connectivity index (χ0v) is 14.4. The average Bonchev–Trinajstić information content (AvgIpc) is 2.64. The van der Waals surface area contributed by atoms with E-state index in [1.807, 2.05) is 0 Å². The summed E-state index contributed by atoms with van der Waals surface area (Å²) in [6.07, 6.45) is 0.0515. The highest BCUT2D eigenvalue weighted by Gasteiger charge is 2.12. The van der Waals surface area contributed by atoms with Gasteiger partial charge in [-0.2, -0.15) is 0 Å². The van der Waals surface area contributed by atoms with E-state index in [-0.39, 0.29) is 12.2 Å². The van der Waals surface area contributed by atoms with Gasteiger partial charge in [0.15, 0.2) is 5.78 Å². The molecule has 5 heteroatoms. The Morgan fingerprint density at radius 1 is 0.846 bits per heavy atom. The Bertz CT molecular complexity index is 934. The smallest absolute Gasteiger partial charge is 0.315 e. The third-order valence-electron chi connectivity index (χ3n) is 3.75. The summed E-state index contributed by atoms with van der Waals surface area (Å²) >= 11 is 6.03. The fourth-order valence-corrected chi connectivity index (χ4v) is 2.61. The van der Waals surface area contributed by atoms with Gasteiger partial charge in [0.2, 0.25) is 0 Å². The van der Waals surface area contributed by atoms with Gasteiger partial charge in [-0.15, -0.1) is 0 Å². The molecular weight excluding hydrogens is 355 g/mol. The van der Waals surface area contributed by atoms with Gasteiger partial charge in [-0.1, -0.05) is 29.8 Å². The summed E-state index contributed by atoms with van der Waals surface area (Å²) in [5.74, 6) is -0.755. The largest absolute Gasteiger partial charge is 0.426 e. The summed E-state index contributed by atoms with van der Waals surface area (Å²) in [5.41, 5.74) is 1.49. The van der Waals surface area contributed by atoms with Crippen molar-refractivity contribution < 1.29 is 18.7 Å². The second-order valence-electron chi connectivity index (χ2n) is 5.60. The van der Waals surface area contributed by atoms with Gasteiger partial charge in [-0.3, -0.25) is 9.59 Å². The van der Waals surface area contributed by atoms with Gasteiger partial charge >= 0.3 is 5.97 Å². The number of ketones is 1. The first-order valence-corrected chi connectivity index (χ1v) is 8.25. The topological polar surface area (TPSA) is 43.4 Å². The lowest BCUT2D eigenvalue weighted by atomic mass is 10.0. The molecule has 0 saturated carbocycles. The molecule has 26 heavy (non-hydrogen) atoms. The van der Waals surface area contributed by atoms with Crippen molar-refractivity contribution in [2.24, 2.45) is 0 Å². The van der Waals surface area contributed by atoms with Crippen LogP contribution in [0, 0.1) is 5.82 Å². The number of rotatable bonds is 5. The molecule has 0 atom stereocenters. The van der Waals surface area contributed by atoms with E-state index in [2.05, 4.69) is 0 Å². The second kappa shape index (κ2) is 7.93. The van der Waals surface area contributed by atoms with Crippen LogP contribution in [0.4, 0.5) is 4.39 Å². The Morgan fingerprint density at radius 3 is 2.04 bits per heavy atom.